The Morgan fingerprint density at radius 2 is 2.19 bits per heavy atom. The summed E-state index contributed by atoms with van der Waals surface area (Å²) in [5.41, 5.74) is 4.89. The van der Waals surface area contributed by atoms with E-state index in [1.807, 2.05) is 24.0 Å². The van der Waals surface area contributed by atoms with Gasteiger partial charge in [0.15, 0.2) is 0 Å². The fourth-order valence-corrected chi connectivity index (χ4v) is 5.33. The van der Waals surface area contributed by atoms with Crippen LogP contribution in [0.25, 0.3) is 0 Å². The highest BCUT2D eigenvalue weighted by Gasteiger charge is 2.54. The van der Waals surface area contributed by atoms with E-state index < -0.39 is 0 Å². The SMILES string of the molecule is COc1cccc(C23Cc4cnoc4C(C)C2CCc2cn(C)nc23)c1. The van der Waals surface area contributed by atoms with Gasteiger partial charge in [-0.3, -0.25) is 4.68 Å². The summed E-state index contributed by atoms with van der Waals surface area (Å²) in [6.45, 7) is 2.27. The van der Waals surface area contributed by atoms with Crippen molar-refractivity contribution in [2.45, 2.75) is 37.5 Å². The van der Waals surface area contributed by atoms with Gasteiger partial charge in [0.1, 0.15) is 11.5 Å². The lowest BCUT2D eigenvalue weighted by Gasteiger charge is -2.48. The van der Waals surface area contributed by atoms with Crippen LogP contribution in [0.4, 0.5) is 0 Å². The monoisotopic (exact) mass is 349 g/mol. The first-order chi connectivity index (χ1) is 12.6. The molecular weight excluding hydrogens is 326 g/mol. The maximum atomic E-state index is 5.64. The van der Waals surface area contributed by atoms with Crippen LogP contribution in [0.2, 0.25) is 0 Å². The number of ether oxygens (including phenoxy) is 1. The van der Waals surface area contributed by atoms with Gasteiger partial charge < -0.3 is 9.26 Å². The van der Waals surface area contributed by atoms with E-state index in [4.69, 9.17) is 14.4 Å². The maximum Gasteiger partial charge on any atom is 0.143 e. The quantitative estimate of drug-likeness (QED) is 0.709. The number of aromatic nitrogens is 3. The highest BCUT2D eigenvalue weighted by atomic mass is 16.5. The highest BCUT2D eigenvalue weighted by Crippen LogP contribution is 2.56. The molecule has 26 heavy (non-hydrogen) atoms. The molecule has 3 atom stereocenters. The van der Waals surface area contributed by atoms with Crippen molar-refractivity contribution >= 4 is 0 Å². The van der Waals surface area contributed by atoms with Gasteiger partial charge in [0.25, 0.3) is 0 Å². The smallest absolute Gasteiger partial charge is 0.143 e. The fourth-order valence-electron chi connectivity index (χ4n) is 5.33. The lowest BCUT2D eigenvalue weighted by atomic mass is 9.53. The van der Waals surface area contributed by atoms with E-state index in [0.717, 1.165) is 30.8 Å². The molecule has 0 amide bonds. The van der Waals surface area contributed by atoms with Gasteiger partial charge in [-0.05, 0) is 48.4 Å². The molecule has 0 saturated heterocycles. The van der Waals surface area contributed by atoms with E-state index in [1.165, 1.54) is 22.4 Å². The van der Waals surface area contributed by atoms with Gasteiger partial charge in [-0.25, -0.2) is 0 Å². The molecule has 0 bridgehead atoms. The van der Waals surface area contributed by atoms with Gasteiger partial charge in [0.2, 0.25) is 0 Å². The summed E-state index contributed by atoms with van der Waals surface area (Å²) in [5, 5.41) is 9.06. The van der Waals surface area contributed by atoms with Crippen molar-refractivity contribution in [3.63, 3.8) is 0 Å². The molecule has 3 unspecified atom stereocenters. The molecular formula is C21H23N3O2. The third-order valence-electron chi connectivity index (χ3n) is 6.43. The second-order valence-electron chi connectivity index (χ2n) is 7.71. The molecule has 0 spiro atoms. The highest BCUT2D eigenvalue weighted by molar-refractivity contribution is 5.50. The normalized spacial score (nSPS) is 26.7. The average Bonchev–Trinajstić information content (AvgIpc) is 3.27. The molecule has 5 rings (SSSR count). The van der Waals surface area contributed by atoms with E-state index in [1.54, 1.807) is 7.11 Å². The Morgan fingerprint density at radius 3 is 3.04 bits per heavy atom. The maximum absolute atomic E-state index is 5.64. The summed E-state index contributed by atoms with van der Waals surface area (Å²) < 4.78 is 13.1. The third-order valence-corrected chi connectivity index (χ3v) is 6.43. The minimum Gasteiger partial charge on any atom is -0.497 e. The number of hydrogen-bond donors (Lipinski definition) is 0. The number of methoxy groups -OCH3 is 1. The van der Waals surface area contributed by atoms with Crippen LogP contribution in [-0.4, -0.2) is 22.0 Å². The van der Waals surface area contributed by atoms with E-state index in [9.17, 15) is 0 Å². The largest absolute Gasteiger partial charge is 0.497 e. The van der Waals surface area contributed by atoms with E-state index in [-0.39, 0.29) is 5.41 Å². The van der Waals surface area contributed by atoms with Crippen LogP contribution < -0.4 is 4.74 Å². The lowest BCUT2D eigenvalue weighted by Crippen LogP contribution is -2.47. The molecule has 2 heterocycles. The van der Waals surface area contributed by atoms with Crippen molar-refractivity contribution < 1.29 is 9.26 Å². The van der Waals surface area contributed by atoms with Gasteiger partial charge in [-0.15, -0.1) is 0 Å². The number of benzene rings is 1. The molecule has 0 radical (unpaired) electrons. The number of rotatable bonds is 2. The zero-order chi connectivity index (χ0) is 17.9. The van der Waals surface area contributed by atoms with Gasteiger partial charge in [0, 0.05) is 30.1 Å². The number of fused-ring (bicyclic) bond motifs is 4. The van der Waals surface area contributed by atoms with Crippen LogP contribution in [0.3, 0.4) is 0 Å². The topological polar surface area (TPSA) is 53.1 Å². The van der Waals surface area contributed by atoms with Crippen LogP contribution >= 0.6 is 0 Å². The first-order valence-electron chi connectivity index (χ1n) is 9.24. The van der Waals surface area contributed by atoms with Gasteiger partial charge in [-0.2, -0.15) is 5.10 Å². The predicted octanol–water partition coefficient (Wildman–Crippen LogP) is 3.63. The molecule has 1 aromatic carbocycles. The Hall–Kier alpha value is -2.56. The van der Waals surface area contributed by atoms with Crippen molar-refractivity contribution in [3.8, 4) is 5.75 Å². The molecule has 2 aliphatic rings. The summed E-state index contributed by atoms with van der Waals surface area (Å²) in [5.74, 6) is 2.68. The summed E-state index contributed by atoms with van der Waals surface area (Å²) in [4.78, 5) is 0. The van der Waals surface area contributed by atoms with Crippen LogP contribution in [0, 0.1) is 5.92 Å². The zero-order valence-electron chi connectivity index (χ0n) is 15.4. The number of nitrogens with zero attached hydrogens (tertiary/aromatic N) is 3. The molecule has 0 N–H and O–H groups in total. The predicted molar refractivity (Wildman–Crippen MR) is 97.4 cm³/mol. The van der Waals surface area contributed by atoms with Crippen LogP contribution in [0.15, 0.2) is 41.2 Å². The fraction of sp³-hybridized carbons (Fsp3) is 0.429. The Labute approximate surface area is 153 Å². The van der Waals surface area contributed by atoms with Crippen molar-refractivity contribution in [1.29, 1.82) is 0 Å². The molecule has 0 fully saturated rings. The van der Waals surface area contributed by atoms with Crippen molar-refractivity contribution in [1.82, 2.24) is 14.9 Å². The van der Waals surface area contributed by atoms with Crippen molar-refractivity contribution in [2.75, 3.05) is 7.11 Å². The molecule has 0 aliphatic heterocycles. The lowest BCUT2D eigenvalue weighted by molar-refractivity contribution is 0.189. The standard InChI is InChI=1S/C21H23N3O2/c1-13-18-8-7-14-12-24(2)23-20(14)21(18,10-15-11-22-26-19(13)15)16-5-4-6-17(9-16)25-3/h4-6,9,11-13,18H,7-8,10H2,1-3H3. The summed E-state index contributed by atoms with van der Waals surface area (Å²) >= 11 is 0. The third kappa shape index (κ3) is 1.97. The summed E-state index contributed by atoms with van der Waals surface area (Å²) in [7, 11) is 3.74. The minimum atomic E-state index is -0.165. The molecule has 3 aromatic rings. The second-order valence-corrected chi connectivity index (χ2v) is 7.71. The van der Waals surface area contributed by atoms with Crippen LogP contribution in [-0.2, 0) is 25.3 Å². The van der Waals surface area contributed by atoms with E-state index in [2.05, 4.69) is 36.5 Å². The molecule has 2 aliphatic carbocycles. The van der Waals surface area contributed by atoms with Crippen LogP contribution in [0.5, 0.6) is 5.75 Å². The van der Waals surface area contributed by atoms with Gasteiger partial charge in [0.05, 0.1) is 19.0 Å². The van der Waals surface area contributed by atoms with Gasteiger partial charge >= 0.3 is 0 Å². The number of hydrogen-bond acceptors (Lipinski definition) is 4. The molecule has 5 nitrogen and oxygen atoms in total. The zero-order valence-corrected chi connectivity index (χ0v) is 15.4. The van der Waals surface area contributed by atoms with E-state index >= 15 is 0 Å². The first kappa shape index (κ1) is 15.7. The molecule has 2 aromatic heterocycles. The van der Waals surface area contributed by atoms with Crippen molar-refractivity contribution in [3.05, 3.63) is 64.8 Å². The molecule has 0 saturated carbocycles. The Morgan fingerprint density at radius 1 is 1.31 bits per heavy atom. The molecule has 134 valence electrons. The minimum absolute atomic E-state index is 0.165. The Bertz CT molecular complexity index is 973. The Kier molecular flexibility index (Phi) is 3.30. The number of aryl methyl sites for hydroxylation is 2. The first-order valence-corrected chi connectivity index (χ1v) is 9.24. The van der Waals surface area contributed by atoms with Crippen LogP contribution in [0.1, 0.15) is 47.4 Å². The van der Waals surface area contributed by atoms with Gasteiger partial charge in [-0.1, -0.05) is 24.2 Å². The Balaban J connectivity index is 1.80. The van der Waals surface area contributed by atoms with Crippen molar-refractivity contribution in [2.24, 2.45) is 13.0 Å². The summed E-state index contributed by atoms with van der Waals surface area (Å²) in [6, 6.07) is 8.51. The average molecular weight is 349 g/mol. The molecule has 5 heteroatoms. The van der Waals surface area contributed by atoms with E-state index in [0.29, 0.717) is 11.8 Å². The summed E-state index contributed by atoms with van der Waals surface area (Å²) in [6.07, 6.45) is 7.13. The second kappa shape index (κ2) is 5.47.